The third-order valence-corrected chi connectivity index (χ3v) is 9.04. The summed E-state index contributed by atoms with van der Waals surface area (Å²) in [6.07, 6.45) is 3.21. The van der Waals surface area contributed by atoms with Gasteiger partial charge in [-0.3, -0.25) is 0 Å². The minimum Gasteiger partial charge on any atom is -0.423 e. The van der Waals surface area contributed by atoms with Gasteiger partial charge in [0.15, 0.2) is 0 Å². The first-order valence-corrected chi connectivity index (χ1v) is 12.9. The van der Waals surface area contributed by atoms with Crippen LogP contribution in [0.3, 0.4) is 0 Å². The average Bonchev–Trinajstić information content (AvgIpc) is 3.22. The molecule has 0 saturated carbocycles. The molecule has 0 radical (unpaired) electrons. The molecule has 2 heterocycles. The maximum atomic E-state index is 13.1. The third-order valence-electron chi connectivity index (χ3n) is 6.42. The van der Waals surface area contributed by atoms with Gasteiger partial charge in [-0.15, -0.1) is 0 Å². The predicted octanol–water partition coefficient (Wildman–Crippen LogP) is 2.68. The Morgan fingerprint density at radius 2 is 1.72 bits per heavy atom. The lowest BCUT2D eigenvalue weighted by Crippen LogP contribution is -3.13. The molecule has 0 unspecified atom stereocenters. The molecule has 0 amide bonds. The van der Waals surface area contributed by atoms with Crippen LogP contribution in [-0.4, -0.2) is 38.9 Å². The van der Waals surface area contributed by atoms with Crippen LogP contribution in [0.5, 0.6) is 0 Å². The van der Waals surface area contributed by atoms with Crippen LogP contribution in [-0.2, 0) is 29.4 Å². The summed E-state index contributed by atoms with van der Waals surface area (Å²) >= 11 is 12.1. The predicted molar refractivity (Wildman–Crippen MR) is 124 cm³/mol. The van der Waals surface area contributed by atoms with E-state index in [1.165, 1.54) is 32.5 Å². The fraction of sp³-hybridized carbons (Fsp3) is 0.348. The van der Waals surface area contributed by atoms with Crippen LogP contribution in [0.15, 0.2) is 50.5 Å². The van der Waals surface area contributed by atoms with Crippen molar-refractivity contribution < 1.29 is 17.7 Å². The van der Waals surface area contributed by atoms with Gasteiger partial charge in [0.05, 0.1) is 31.2 Å². The zero-order valence-electron chi connectivity index (χ0n) is 17.4. The first-order chi connectivity index (χ1) is 15.3. The molecule has 1 aliphatic carbocycles. The minimum absolute atomic E-state index is 0.0376. The number of sulfonamides is 1. The second-order valence-corrected chi connectivity index (χ2v) is 11.2. The SMILES string of the molecule is O=c1cc(C[NH+]2CCN(S(=O)(=O)c3cc(Cl)ccc3Cl)CC2)c2cc3c(cc2o1)CCC3. The smallest absolute Gasteiger partial charge is 0.336 e. The molecule has 1 saturated heterocycles. The monoisotopic (exact) mass is 493 g/mol. The summed E-state index contributed by atoms with van der Waals surface area (Å²) in [5, 5.41) is 1.48. The van der Waals surface area contributed by atoms with E-state index in [0.717, 1.165) is 30.2 Å². The molecule has 6 nitrogen and oxygen atoms in total. The van der Waals surface area contributed by atoms with E-state index in [1.807, 2.05) is 6.07 Å². The second kappa shape index (κ2) is 8.47. The molecule has 1 aromatic heterocycles. The molecule has 2 aromatic carbocycles. The van der Waals surface area contributed by atoms with Crippen molar-refractivity contribution in [2.24, 2.45) is 0 Å². The van der Waals surface area contributed by atoms with Crippen molar-refractivity contribution in [2.45, 2.75) is 30.7 Å². The van der Waals surface area contributed by atoms with E-state index in [4.69, 9.17) is 27.6 Å². The Morgan fingerprint density at radius 3 is 2.47 bits per heavy atom. The summed E-state index contributed by atoms with van der Waals surface area (Å²) in [4.78, 5) is 13.4. The van der Waals surface area contributed by atoms with Crippen LogP contribution in [0.2, 0.25) is 10.0 Å². The normalized spacial score (nSPS) is 17.7. The van der Waals surface area contributed by atoms with Gasteiger partial charge in [-0.2, -0.15) is 4.31 Å². The van der Waals surface area contributed by atoms with Gasteiger partial charge in [0, 0.05) is 22.0 Å². The Kier molecular flexibility index (Phi) is 5.80. The van der Waals surface area contributed by atoms with Crippen molar-refractivity contribution in [1.82, 2.24) is 4.31 Å². The lowest BCUT2D eigenvalue weighted by Gasteiger charge is -2.31. The molecule has 32 heavy (non-hydrogen) atoms. The van der Waals surface area contributed by atoms with Crippen molar-refractivity contribution >= 4 is 44.2 Å². The van der Waals surface area contributed by atoms with E-state index in [0.29, 0.717) is 43.3 Å². The van der Waals surface area contributed by atoms with E-state index >= 15 is 0 Å². The molecule has 0 atom stereocenters. The topological polar surface area (TPSA) is 72.0 Å². The van der Waals surface area contributed by atoms with Crippen molar-refractivity contribution in [1.29, 1.82) is 0 Å². The summed E-state index contributed by atoms with van der Waals surface area (Å²) in [6.45, 7) is 2.64. The Morgan fingerprint density at radius 1 is 1.00 bits per heavy atom. The van der Waals surface area contributed by atoms with Crippen LogP contribution in [0, 0.1) is 0 Å². The van der Waals surface area contributed by atoms with E-state index in [-0.39, 0.29) is 15.5 Å². The second-order valence-electron chi connectivity index (χ2n) is 8.47. The molecule has 168 valence electrons. The highest BCUT2D eigenvalue weighted by Gasteiger charge is 2.32. The highest BCUT2D eigenvalue weighted by Crippen LogP contribution is 2.29. The Bertz CT molecular complexity index is 1360. The number of nitrogens with one attached hydrogen (secondary N) is 1. The van der Waals surface area contributed by atoms with Crippen LogP contribution < -0.4 is 10.5 Å². The highest BCUT2D eigenvalue weighted by atomic mass is 35.5. The Hall–Kier alpha value is -1.90. The first kappa shape index (κ1) is 21.9. The van der Waals surface area contributed by atoms with Crippen molar-refractivity contribution in [3.63, 3.8) is 0 Å². The van der Waals surface area contributed by atoms with Gasteiger partial charge in [-0.25, -0.2) is 13.2 Å². The zero-order valence-corrected chi connectivity index (χ0v) is 19.7. The fourth-order valence-corrected chi connectivity index (χ4v) is 6.92. The first-order valence-electron chi connectivity index (χ1n) is 10.7. The summed E-state index contributed by atoms with van der Waals surface area (Å²) < 4.78 is 33.1. The molecule has 3 aromatic rings. The van der Waals surface area contributed by atoms with Crippen molar-refractivity contribution in [3.05, 3.63) is 73.6 Å². The Labute approximate surface area is 196 Å². The molecule has 1 aliphatic heterocycles. The lowest BCUT2D eigenvalue weighted by molar-refractivity contribution is -0.917. The molecular formula is C23H23Cl2N2O4S+. The number of halogens is 2. The van der Waals surface area contributed by atoms with Crippen LogP contribution in [0.4, 0.5) is 0 Å². The van der Waals surface area contributed by atoms with Gasteiger partial charge >= 0.3 is 5.63 Å². The van der Waals surface area contributed by atoms with Crippen LogP contribution >= 0.6 is 23.2 Å². The van der Waals surface area contributed by atoms with Gasteiger partial charge in [-0.05, 0) is 60.7 Å². The molecule has 1 N–H and O–H groups in total. The number of rotatable bonds is 4. The van der Waals surface area contributed by atoms with Gasteiger partial charge in [0.25, 0.3) is 0 Å². The largest absolute Gasteiger partial charge is 0.423 e. The minimum atomic E-state index is -3.72. The van der Waals surface area contributed by atoms with Gasteiger partial charge in [0.2, 0.25) is 10.0 Å². The number of hydrogen-bond donors (Lipinski definition) is 1. The zero-order chi connectivity index (χ0) is 22.5. The maximum absolute atomic E-state index is 13.1. The fourth-order valence-electron chi connectivity index (χ4n) is 4.74. The number of nitrogens with zero attached hydrogens (tertiary/aromatic N) is 1. The van der Waals surface area contributed by atoms with Gasteiger partial charge in [-0.1, -0.05) is 23.2 Å². The number of piperazine rings is 1. The molecule has 5 rings (SSSR count). The van der Waals surface area contributed by atoms with E-state index in [9.17, 15) is 13.2 Å². The van der Waals surface area contributed by atoms with Crippen molar-refractivity contribution in [3.8, 4) is 0 Å². The lowest BCUT2D eigenvalue weighted by atomic mass is 10.0. The number of quaternary nitrogens is 1. The van der Waals surface area contributed by atoms with Gasteiger partial charge in [0.1, 0.15) is 17.0 Å². The Balaban J connectivity index is 1.35. The summed E-state index contributed by atoms with van der Waals surface area (Å²) in [7, 11) is -3.72. The molecular weight excluding hydrogens is 471 g/mol. The number of fused-ring (bicyclic) bond motifs is 2. The van der Waals surface area contributed by atoms with E-state index in [1.54, 1.807) is 12.1 Å². The molecule has 1 fully saturated rings. The molecule has 0 bridgehead atoms. The number of hydrogen-bond acceptors (Lipinski definition) is 4. The maximum Gasteiger partial charge on any atom is 0.336 e. The summed E-state index contributed by atoms with van der Waals surface area (Å²) in [6, 6.07) is 10.2. The number of benzene rings is 2. The van der Waals surface area contributed by atoms with Crippen LogP contribution in [0.25, 0.3) is 11.0 Å². The summed E-state index contributed by atoms with van der Waals surface area (Å²) in [5.41, 5.74) is 3.85. The van der Waals surface area contributed by atoms with E-state index < -0.39 is 10.0 Å². The van der Waals surface area contributed by atoms with E-state index in [2.05, 4.69) is 6.07 Å². The van der Waals surface area contributed by atoms with Crippen LogP contribution in [0.1, 0.15) is 23.1 Å². The molecule has 2 aliphatic rings. The third kappa shape index (κ3) is 4.08. The molecule has 9 heteroatoms. The highest BCUT2D eigenvalue weighted by molar-refractivity contribution is 7.89. The van der Waals surface area contributed by atoms with Crippen molar-refractivity contribution in [2.75, 3.05) is 26.2 Å². The molecule has 0 spiro atoms. The standard InChI is InChI=1S/C23H22Cl2N2O4S/c24-18-4-5-20(25)22(13-18)32(29,30)27-8-6-26(7-9-27)14-17-12-23(28)31-21-11-16-3-1-2-15(16)10-19(17)21/h4-5,10-13H,1-3,6-9,14H2/p+1. The number of aryl methyl sites for hydroxylation is 2. The van der Waals surface area contributed by atoms with Gasteiger partial charge < -0.3 is 9.32 Å². The average molecular weight is 494 g/mol. The quantitative estimate of drug-likeness (QED) is 0.567. The summed E-state index contributed by atoms with van der Waals surface area (Å²) in [5.74, 6) is 0.